The second-order valence-electron chi connectivity index (χ2n) is 3.47. The maximum Gasteiger partial charge on any atom is 0.160 e. The van der Waals surface area contributed by atoms with Gasteiger partial charge in [0, 0.05) is 5.56 Å². The first-order valence-electron chi connectivity index (χ1n) is 4.62. The van der Waals surface area contributed by atoms with Gasteiger partial charge in [0.25, 0.3) is 0 Å². The van der Waals surface area contributed by atoms with Crippen LogP contribution in [0.4, 0.5) is 0 Å². The summed E-state index contributed by atoms with van der Waals surface area (Å²) < 4.78 is 5.00. The molecule has 1 aliphatic rings. The Morgan fingerprint density at radius 3 is 3.00 bits per heavy atom. The Kier molecular flexibility index (Phi) is 2.31. The van der Waals surface area contributed by atoms with Crippen LogP contribution in [0.2, 0.25) is 0 Å². The van der Waals surface area contributed by atoms with E-state index in [0.29, 0.717) is 12.3 Å². The summed E-state index contributed by atoms with van der Waals surface area (Å²) in [6, 6.07) is 3.37. The first kappa shape index (κ1) is 9.30. The van der Waals surface area contributed by atoms with Gasteiger partial charge in [-0.2, -0.15) is 0 Å². The zero-order valence-corrected chi connectivity index (χ0v) is 8.03. The van der Waals surface area contributed by atoms with Gasteiger partial charge in [-0.25, -0.2) is 0 Å². The van der Waals surface area contributed by atoms with Crippen LogP contribution in [0.25, 0.3) is 0 Å². The van der Waals surface area contributed by atoms with E-state index in [4.69, 9.17) is 4.74 Å². The number of phenolic OH excluding ortho intramolecular Hbond substituents is 1. The molecule has 0 aliphatic carbocycles. The van der Waals surface area contributed by atoms with Gasteiger partial charge < -0.3 is 20.3 Å². The Bertz CT molecular complexity index is 351. The highest BCUT2D eigenvalue weighted by Crippen LogP contribution is 2.32. The van der Waals surface area contributed by atoms with Crippen molar-refractivity contribution in [2.75, 3.05) is 13.7 Å². The van der Waals surface area contributed by atoms with Crippen LogP contribution >= 0.6 is 0 Å². The van der Waals surface area contributed by atoms with E-state index in [2.05, 4.69) is 0 Å². The molecular weight excluding hydrogens is 182 g/mol. The third-order valence-electron chi connectivity index (χ3n) is 2.55. The standard InChI is InChI=1S/C10H13NO3/c1-14-10-2-6-4-11-5-9(13)7(6)3-8(10)12/h2-3,9,11-13H,4-5H2,1H3/p+1/t9-/m1/s1. The Morgan fingerprint density at radius 1 is 1.50 bits per heavy atom. The van der Waals surface area contributed by atoms with Crippen molar-refractivity contribution in [2.45, 2.75) is 12.6 Å². The predicted molar refractivity (Wildman–Crippen MR) is 50.1 cm³/mol. The van der Waals surface area contributed by atoms with Crippen LogP contribution in [-0.4, -0.2) is 23.9 Å². The van der Waals surface area contributed by atoms with Crippen LogP contribution < -0.4 is 10.1 Å². The van der Waals surface area contributed by atoms with Gasteiger partial charge in [0.1, 0.15) is 19.2 Å². The summed E-state index contributed by atoms with van der Waals surface area (Å²) >= 11 is 0. The fourth-order valence-corrected chi connectivity index (χ4v) is 1.80. The summed E-state index contributed by atoms with van der Waals surface area (Å²) in [5.41, 5.74) is 1.84. The number of rotatable bonds is 1. The van der Waals surface area contributed by atoms with Crippen LogP contribution in [0.3, 0.4) is 0 Å². The van der Waals surface area contributed by atoms with E-state index in [1.807, 2.05) is 5.32 Å². The number of ether oxygens (including phenoxy) is 1. The molecule has 0 amide bonds. The minimum absolute atomic E-state index is 0.0900. The van der Waals surface area contributed by atoms with Gasteiger partial charge in [-0.15, -0.1) is 0 Å². The van der Waals surface area contributed by atoms with Crippen LogP contribution in [0, 0.1) is 0 Å². The third kappa shape index (κ3) is 1.42. The van der Waals surface area contributed by atoms with Crippen molar-refractivity contribution in [1.29, 1.82) is 0 Å². The number of benzene rings is 1. The van der Waals surface area contributed by atoms with Crippen molar-refractivity contribution >= 4 is 0 Å². The average Bonchev–Trinajstić information content (AvgIpc) is 2.19. The second-order valence-corrected chi connectivity index (χ2v) is 3.47. The van der Waals surface area contributed by atoms with E-state index in [9.17, 15) is 10.2 Å². The molecule has 4 N–H and O–H groups in total. The molecular formula is C10H14NO3+. The highest BCUT2D eigenvalue weighted by molar-refractivity contribution is 5.47. The molecule has 4 heteroatoms. The highest BCUT2D eigenvalue weighted by atomic mass is 16.5. The summed E-state index contributed by atoms with van der Waals surface area (Å²) in [6.07, 6.45) is -0.490. The van der Waals surface area contributed by atoms with Gasteiger partial charge >= 0.3 is 0 Å². The lowest BCUT2D eigenvalue weighted by Crippen LogP contribution is -2.85. The van der Waals surface area contributed by atoms with E-state index in [-0.39, 0.29) is 5.75 Å². The minimum Gasteiger partial charge on any atom is -0.504 e. The number of aromatic hydroxyl groups is 1. The van der Waals surface area contributed by atoms with Crippen molar-refractivity contribution in [3.63, 3.8) is 0 Å². The molecule has 0 spiro atoms. The van der Waals surface area contributed by atoms with Crippen LogP contribution in [0.5, 0.6) is 11.5 Å². The van der Waals surface area contributed by atoms with Gasteiger partial charge in [0.05, 0.1) is 7.11 Å². The molecule has 1 atom stereocenters. The fraction of sp³-hybridized carbons (Fsp3) is 0.400. The highest BCUT2D eigenvalue weighted by Gasteiger charge is 2.22. The molecule has 4 nitrogen and oxygen atoms in total. The fourth-order valence-electron chi connectivity index (χ4n) is 1.80. The molecule has 0 fully saturated rings. The summed E-state index contributed by atoms with van der Waals surface area (Å²) in [5.74, 6) is 0.554. The molecule has 1 heterocycles. The number of methoxy groups -OCH3 is 1. The average molecular weight is 196 g/mol. The number of nitrogens with two attached hydrogens (primary N) is 1. The van der Waals surface area contributed by atoms with E-state index < -0.39 is 6.10 Å². The number of fused-ring (bicyclic) bond motifs is 1. The second kappa shape index (κ2) is 3.48. The molecule has 1 aromatic rings. The summed E-state index contributed by atoms with van der Waals surface area (Å²) in [5, 5.41) is 21.2. The summed E-state index contributed by atoms with van der Waals surface area (Å²) in [7, 11) is 1.52. The minimum atomic E-state index is -0.490. The Hall–Kier alpha value is -1.26. The maximum absolute atomic E-state index is 9.67. The van der Waals surface area contributed by atoms with Gasteiger partial charge in [-0.1, -0.05) is 0 Å². The van der Waals surface area contributed by atoms with Gasteiger partial charge in [-0.3, -0.25) is 0 Å². The third-order valence-corrected chi connectivity index (χ3v) is 2.55. The topological polar surface area (TPSA) is 66.3 Å². The molecule has 0 bridgehead atoms. The molecule has 1 aromatic carbocycles. The van der Waals surface area contributed by atoms with E-state index in [1.165, 1.54) is 7.11 Å². The van der Waals surface area contributed by atoms with Crippen molar-refractivity contribution in [3.8, 4) is 11.5 Å². The van der Waals surface area contributed by atoms with Crippen molar-refractivity contribution < 1.29 is 20.3 Å². The normalized spacial score (nSPS) is 20.3. The van der Waals surface area contributed by atoms with Crippen molar-refractivity contribution in [2.24, 2.45) is 0 Å². The molecule has 0 aromatic heterocycles. The lowest BCUT2D eigenvalue weighted by Gasteiger charge is -2.20. The van der Waals surface area contributed by atoms with E-state index in [0.717, 1.165) is 17.7 Å². The van der Waals surface area contributed by atoms with Crippen LogP contribution in [0.1, 0.15) is 17.2 Å². The molecule has 0 saturated carbocycles. The number of quaternary nitrogens is 1. The number of aliphatic hydroxyl groups excluding tert-OH is 1. The number of hydrogen-bond donors (Lipinski definition) is 3. The van der Waals surface area contributed by atoms with Gasteiger partial charge in [0.15, 0.2) is 11.5 Å². The SMILES string of the molecule is COc1cc2c(cc1O)[C@H](O)C[NH2+]C2. The zero-order valence-electron chi connectivity index (χ0n) is 8.03. The number of aliphatic hydroxyl groups is 1. The predicted octanol–water partition coefficient (Wildman–Crippen LogP) is -0.489. The number of hydrogen-bond acceptors (Lipinski definition) is 3. The molecule has 14 heavy (non-hydrogen) atoms. The molecule has 0 unspecified atom stereocenters. The van der Waals surface area contributed by atoms with Gasteiger partial charge in [0.2, 0.25) is 0 Å². The van der Waals surface area contributed by atoms with E-state index >= 15 is 0 Å². The first-order chi connectivity index (χ1) is 6.72. The Balaban J connectivity index is 2.48. The zero-order chi connectivity index (χ0) is 10.1. The molecule has 76 valence electrons. The lowest BCUT2D eigenvalue weighted by molar-refractivity contribution is -0.681. The molecule has 1 aliphatic heterocycles. The van der Waals surface area contributed by atoms with Crippen molar-refractivity contribution in [3.05, 3.63) is 23.3 Å². The Labute approximate surface area is 82.1 Å². The maximum atomic E-state index is 9.67. The van der Waals surface area contributed by atoms with Crippen LogP contribution in [-0.2, 0) is 6.54 Å². The first-order valence-corrected chi connectivity index (χ1v) is 4.62. The molecule has 2 rings (SSSR count). The van der Waals surface area contributed by atoms with Gasteiger partial charge in [-0.05, 0) is 17.7 Å². The van der Waals surface area contributed by atoms with Crippen molar-refractivity contribution in [1.82, 2.24) is 0 Å². The molecule has 0 radical (unpaired) electrons. The van der Waals surface area contributed by atoms with Crippen LogP contribution in [0.15, 0.2) is 12.1 Å². The largest absolute Gasteiger partial charge is 0.504 e. The number of phenols is 1. The van der Waals surface area contributed by atoms with E-state index in [1.54, 1.807) is 12.1 Å². The smallest absolute Gasteiger partial charge is 0.160 e. The Morgan fingerprint density at radius 2 is 2.29 bits per heavy atom. The monoisotopic (exact) mass is 196 g/mol. The lowest BCUT2D eigenvalue weighted by atomic mass is 9.98. The molecule has 0 saturated heterocycles. The summed E-state index contributed by atoms with van der Waals surface area (Å²) in [6.45, 7) is 1.47. The quantitative estimate of drug-likeness (QED) is 0.568. The summed E-state index contributed by atoms with van der Waals surface area (Å²) in [4.78, 5) is 0.